The predicted molar refractivity (Wildman–Crippen MR) is 64.5 cm³/mol. The van der Waals surface area contributed by atoms with Crippen LogP contribution in [0.25, 0.3) is 0 Å². The zero-order valence-corrected chi connectivity index (χ0v) is 10.2. The van der Waals surface area contributed by atoms with Gasteiger partial charge < -0.3 is 10.6 Å². The standard InChI is InChI=1S/C11H21N5/c1-3-13-11-15-14-10(16(11)4-2)7-9-5-6-12-8-9/h9,12H,3-8H2,1-2H3,(H,13,15). The van der Waals surface area contributed by atoms with Gasteiger partial charge in [0, 0.05) is 19.5 Å². The lowest BCUT2D eigenvalue weighted by molar-refractivity contribution is 0.539. The highest BCUT2D eigenvalue weighted by Gasteiger charge is 2.19. The molecule has 1 aromatic heterocycles. The van der Waals surface area contributed by atoms with Crippen molar-refractivity contribution in [2.45, 2.75) is 33.2 Å². The van der Waals surface area contributed by atoms with Gasteiger partial charge in [-0.05, 0) is 39.3 Å². The second-order valence-corrected chi connectivity index (χ2v) is 4.28. The third-order valence-corrected chi connectivity index (χ3v) is 3.11. The van der Waals surface area contributed by atoms with Crippen LogP contribution >= 0.6 is 0 Å². The molecule has 2 heterocycles. The maximum atomic E-state index is 4.29. The molecule has 0 aromatic carbocycles. The van der Waals surface area contributed by atoms with Gasteiger partial charge in [-0.3, -0.25) is 4.57 Å². The molecule has 0 spiro atoms. The number of nitrogens with zero attached hydrogens (tertiary/aromatic N) is 3. The van der Waals surface area contributed by atoms with Gasteiger partial charge in [-0.15, -0.1) is 10.2 Å². The van der Waals surface area contributed by atoms with Crippen LogP contribution in [0.5, 0.6) is 0 Å². The Hall–Kier alpha value is -1.10. The molecule has 1 saturated heterocycles. The summed E-state index contributed by atoms with van der Waals surface area (Å²) >= 11 is 0. The van der Waals surface area contributed by atoms with Crippen molar-refractivity contribution in [1.82, 2.24) is 20.1 Å². The van der Waals surface area contributed by atoms with Crippen LogP contribution in [0.1, 0.15) is 26.1 Å². The van der Waals surface area contributed by atoms with E-state index in [0.717, 1.165) is 50.3 Å². The Morgan fingerprint density at radius 3 is 2.94 bits per heavy atom. The maximum absolute atomic E-state index is 4.29. The molecule has 1 unspecified atom stereocenters. The quantitative estimate of drug-likeness (QED) is 0.778. The van der Waals surface area contributed by atoms with Crippen LogP contribution in [-0.4, -0.2) is 34.4 Å². The van der Waals surface area contributed by atoms with E-state index >= 15 is 0 Å². The van der Waals surface area contributed by atoms with Gasteiger partial charge >= 0.3 is 0 Å². The number of rotatable bonds is 5. The molecular formula is C11H21N5. The number of hydrogen-bond acceptors (Lipinski definition) is 4. The van der Waals surface area contributed by atoms with Crippen molar-refractivity contribution in [3.63, 3.8) is 0 Å². The molecule has 2 N–H and O–H groups in total. The molecule has 1 aliphatic rings. The summed E-state index contributed by atoms with van der Waals surface area (Å²) in [5, 5.41) is 15.1. The van der Waals surface area contributed by atoms with Crippen LogP contribution in [0, 0.1) is 5.92 Å². The SMILES string of the molecule is CCNc1nnc(CC2CCNC2)n1CC. The smallest absolute Gasteiger partial charge is 0.224 e. The number of anilines is 1. The van der Waals surface area contributed by atoms with E-state index in [1.165, 1.54) is 6.42 Å². The zero-order chi connectivity index (χ0) is 11.4. The second-order valence-electron chi connectivity index (χ2n) is 4.28. The average Bonchev–Trinajstić information content (AvgIpc) is 2.90. The summed E-state index contributed by atoms with van der Waals surface area (Å²) < 4.78 is 2.18. The highest BCUT2D eigenvalue weighted by Crippen LogP contribution is 2.16. The number of hydrogen-bond donors (Lipinski definition) is 2. The van der Waals surface area contributed by atoms with Crippen molar-refractivity contribution >= 4 is 5.95 Å². The third-order valence-electron chi connectivity index (χ3n) is 3.11. The van der Waals surface area contributed by atoms with Gasteiger partial charge in [0.2, 0.25) is 5.95 Å². The van der Waals surface area contributed by atoms with Crippen LogP contribution in [0.15, 0.2) is 0 Å². The lowest BCUT2D eigenvalue weighted by Crippen LogP contribution is -2.14. The fourth-order valence-electron chi connectivity index (χ4n) is 2.25. The fraction of sp³-hybridized carbons (Fsp3) is 0.818. The van der Waals surface area contributed by atoms with Crippen molar-refractivity contribution in [1.29, 1.82) is 0 Å². The topological polar surface area (TPSA) is 54.8 Å². The minimum Gasteiger partial charge on any atom is -0.355 e. The van der Waals surface area contributed by atoms with Gasteiger partial charge in [0.1, 0.15) is 5.82 Å². The van der Waals surface area contributed by atoms with E-state index in [1.807, 2.05) is 0 Å². The van der Waals surface area contributed by atoms with Gasteiger partial charge in [0.25, 0.3) is 0 Å². The average molecular weight is 223 g/mol. The summed E-state index contributed by atoms with van der Waals surface area (Å²) in [7, 11) is 0. The highest BCUT2D eigenvalue weighted by atomic mass is 15.3. The van der Waals surface area contributed by atoms with Gasteiger partial charge in [-0.2, -0.15) is 0 Å². The molecule has 90 valence electrons. The fourth-order valence-corrected chi connectivity index (χ4v) is 2.25. The minimum atomic E-state index is 0.726. The van der Waals surface area contributed by atoms with Crippen molar-refractivity contribution in [3.05, 3.63) is 5.82 Å². The molecule has 0 amide bonds. The van der Waals surface area contributed by atoms with Crippen LogP contribution in [0.2, 0.25) is 0 Å². The van der Waals surface area contributed by atoms with Crippen molar-refractivity contribution < 1.29 is 0 Å². The van der Waals surface area contributed by atoms with Crippen molar-refractivity contribution in [2.24, 2.45) is 5.92 Å². The Morgan fingerprint density at radius 1 is 1.44 bits per heavy atom. The van der Waals surface area contributed by atoms with E-state index < -0.39 is 0 Å². The first kappa shape index (κ1) is 11.4. The Bertz CT molecular complexity index is 327. The lowest BCUT2D eigenvalue weighted by atomic mass is 10.0. The largest absolute Gasteiger partial charge is 0.355 e. The molecule has 5 heteroatoms. The highest BCUT2D eigenvalue weighted by molar-refractivity contribution is 5.25. The summed E-state index contributed by atoms with van der Waals surface area (Å²) in [6, 6.07) is 0. The predicted octanol–water partition coefficient (Wildman–Crippen LogP) is 0.882. The molecule has 1 aliphatic heterocycles. The first-order valence-electron chi connectivity index (χ1n) is 6.21. The summed E-state index contributed by atoms with van der Waals surface area (Å²) in [5.41, 5.74) is 0. The van der Waals surface area contributed by atoms with Gasteiger partial charge in [-0.1, -0.05) is 0 Å². The normalized spacial score (nSPS) is 20.2. The monoisotopic (exact) mass is 223 g/mol. The van der Waals surface area contributed by atoms with Gasteiger partial charge in [0.15, 0.2) is 0 Å². The third kappa shape index (κ3) is 2.35. The van der Waals surface area contributed by atoms with Gasteiger partial charge in [-0.25, -0.2) is 0 Å². The molecule has 1 aromatic rings. The van der Waals surface area contributed by atoms with Crippen LogP contribution in [-0.2, 0) is 13.0 Å². The summed E-state index contributed by atoms with van der Waals surface area (Å²) in [5.74, 6) is 2.75. The Kier molecular flexibility index (Phi) is 3.77. The Balaban J connectivity index is 2.07. The lowest BCUT2D eigenvalue weighted by Gasteiger charge is -2.10. The van der Waals surface area contributed by atoms with E-state index in [1.54, 1.807) is 0 Å². The molecule has 0 radical (unpaired) electrons. The Labute approximate surface area is 96.6 Å². The number of aromatic nitrogens is 3. The van der Waals surface area contributed by atoms with E-state index in [-0.39, 0.29) is 0 Å². The van der Waals surface area contributed by atoms with E-state index in [4.69, 9.17) is 0 Å². The zero-order valence-electron chi connectivity index (χ0n) is 10.2. The van der Waals surface area contributed by atoms with Crippen LogP contribution < -0.4 is 10.6 Å². The van der Waals surface area contributed by atoms with Crippen LogP contribution in [0.4, 0.5) is 5.95 Å². The van der Waals surface area contributed by atoms with Crippen molar-refractivity contribution in [3.8, 4) is 0 Å². The summed E-state index contributed by atoms with van der Waals surface area (Å²) in [4.78, 5) is 0. The molecule has 1 fully saturated rings. The molecule has 0 aliphatic carbocycles. The maximum Gasteiger partial charge on any atom is 0.224 e. The summed E-state index contributed by atoms with van der Waals surface area (Å²) in [6.07, 6.45) is 2.30. The molecule has 0 saturated carbocycles. The molecule has 2 rings (SSSR count). The van der Waals surface area contributed by atoms with Gasteiger partial charge in [0.05, 0.1) is 0 Å². The molecule has 16 heavy (non-hydrogen) atoms. The van der Waals surface area contributed by atoms with E-state index in [2.05, 4.69) is 39.2 Å². The van der Waals surface area contributed by atoms with E-state index in [0.29, 0.717) is 0 Å². The second kappa shape index (κ2) is 5.30. The minimum absolute atomic E-state index is 0.726. The summed E-state index contributed by atoms with van der Waals surface area (Å²) in [6.45, 7) is 8.31. The van der Waals surface area contributed by atoms with Crippen LogP contribution in [0.3, 0.4) is 0 Å². The number of nitrogens with one attached hydrogen (secondary N) is 2. The Morgan fingerprint density at radius 2 is 2.31 bits per heavy atom. The van der Waals surface area contributed by atoms with E-state index in [9.17, 15) is 0 Å². The first-order valence-corrected chi connectivity index (χ1v) is 6.21. The molecule has 5 nitrogen and oxygen atoms in total. The molecule has 1 atom stereocenters. The first-order chi connectivity index (χ1) is 7.85. The molecular weight excluding hydrogens is 202 g/mol. The van der Waals surface area contributed by atoms with Crippen molar-refractivity contribution in [2.75, 3.05) is 25.0 Å². The molecule has 0 bridgehead atoms.